The maximum absolute atomic E-state index is 12.1. The van der Waals surface area contributed by atoms with Crippen LogP contribution in [0.3, 0.4) is 0 Å². The number of amides is 1. The Kier molecular flexibility index (Phi) is 6.56. The van der Waals surface area contributed by atoms with Gasteiger partial charge in [-0.15, -0.1) is 0 Å². The zero-order chi connectivity index (χ0) is 12.7. The van der Waals surface area contributed by atoms with Crippen LogP contribution in [0.5, 0.6) is 0 Å². The van der Waals surface area contributed by atoms with E-state index in [0.717, 1.165) is 25.8 Å². The molecule has 1 aliphatic heterocycles. The van der Waals surface area contributed by atoms with Crippen molar-refractivity contribution in [2.75, 3.05) is 6.54 Å². The Morgan fingerprint density at radius 2 is 2.12 bits per heavy atom. The molecular weight excluding hydrogens is 212 g/mol. The minimum atomic E-state index is 0.106. The lowest BCUT2D eigenvalue weighted by molar-refractivity contribution is -0.135. The van der Waals surface area contributed by atoms with Gasteiger partial charge in [0, 0.05) is 25.0 Å². The Balaban J connectivity index is 2.36. The van der Waals surface area contributed by atoms with Crippen molar-refractivity contribution in [3.63, 3.8) is 0 Å². The van der Waals surface area contributed by atoms with Gasteiger partial charge in [-0.25, -0.2) is 0 Å². The van der Waals surface area contributed by atoms with Crippen LogP contribution in [-0.2, 0) is 4.79 Å². The first-order chi connectivity index (χ1) is 8.16. The molecule has 0 radical (unpaired) electrons. The predicted molar refractivity (Wildman–Crippen MR) is 71.8 cm³/mol. The minimum absolute atomic E-state index is 0.106. The van der Waals surface area contributed by atoms with Gasteiger partial charge in [-0.05, 0) is 32.6 Å². The number of nitrogens with zero attached hydrogens (tertiary/aromatic N) is 1. The second kappa shape index (κ2) is 7.70. The van der Waals surface area contributed by atoms with Gasteiger partial charge < -0.3 is 10.6 Å². The highest BCUT2D eigenvalue weighted by molar-refractivity contribution is 5.76. The molecule has 2 N–H and O–H groups in total. The van der Waals surface area contributed by atoms with Crippen LogP contribution in [0.15, 0.2) is 0 Å². The van der Waals surface area contributed by atoms with Gasteiger partial charge in [0.05, 0.1) is 0 Å². The highest BCUT2D eigenvalue weighted by Gasteiger charge is 2.28. The number of hydrogen-bond donors (Lipinski definition) is 1. The van der Waals surface area contributed by atoms with Gasteiger partial charge in [0.2, 0.25) is 5.91 Å². The van der Waals surface area contributed by atoms with Gasteiger partial charge >= 0.3 is 0 Å². The summed E-state index contributed by atoms with van der Waals surface area (Å²) >= 11 is 0. The molecule has 0 bridgehead atoms. The molecule has 2 atom stereocenters. The van der Waals surface area contributed by atoms with Gasteiger partial charge in [0.15, 0.2) is 0 Å². The minimum Gasteiger partial charge on any atom is -0.338 e. The van der Waals surface area contributed by atoms with Crippen LogP contribution in [-0.4, -0.2) is 29.4 Å². The van der Waals surface area contributed by atoms with E-state index in [1.54, 1.807) is 0 Å². The molecule has 1 fully saturated rings. The molecule has 100 valence electrons. The van der Waals surface area contributed by atoms with E-state index >= 15 is 0 Å². The lowest BCUT2D eigenvalue weighted by Gasteiger charge is -2.38. The fourth-order valence-corrected chi connectivity index (χ4v) is 2.66. The molecular formula is C14H28N2O. The largest absolute Gasteiger partial charge is 0.338 e. The molecule has 0 aromatic heterocycles. The van der Waals surface area contributed by atoms with Crippen molar-refractivity contribution in [1.82, 2.24) is 4.90 Å². The van der Waals surface area contributed by atoms with Crippen LogP contribution in [0.25, 0.3) is 0 Å². The summed E-state index contributed by atoms with van der Waals surface area (Å²) in [6.07, 6.45) is 8.83. The molecule has 0 spiro atoms. The number of unbranched alkanes of at least 4 members (excludes halogenated alkanes) is 3. The average Bonchev–Trinajstić information content (AvgIpc) is 2.34. The van der Waals surface area contributed by atoms with Crippen molar-refractivity contribution >= 4 is 5.91 Å². The predicted octanol–water partition coefficient (Wildman–Crippen LogP) is 2.69. The molecule has 0 aliphatic carbocycles. The zero-order valence-corrected chi connectivity index (χ0v) is 11.5. The maximum Gasteiger partial charge on any atom is 0.222 e. The van der Waals surface area contributed by atoms with E-state index in [1.807, 2.05) is 11.8 Å². The summed E-state index contributed by atoms with van der Waals surface area (Å²) in [6, 6.07) is 0.386. The lowest BCUT2D eigenvalue weighted by Crippen LogP contribution is -2.51. The molecule has 17 heavy (non-hydrogen) atoms. The summed E-state index contributed by atoms with van der Waals surface area (Å²) in [5.74, 6) is 0.322. The summed E-state index contributed by atoms with van der Waals surface area (Å²) in [7, 11) is 0. The average molecular weight is 240 g/mol. The number of piperidine rings is 1. The van der Waals surface area contributed by atoms with E-state index in [1.165, 1.54) is 25.7 Å². The third-order valence-corrected chi connectivity index (χ3v) is 3.72. The van der Waals surface area contributed by atoms with Crippen LogP contribution in [0.1, 0.15) is 65.2 Å². The van der Waals surface area contributed by atoms with E-state index in [9.17, 15) is 4.79 Å². The number of hydrogen-bond acceptors (Lipinski definition) is 2. The Bertz CT molecular complexity index is 228. The van der Waals surface area contributed by atoms with Crippen LogP contribution < -0.4 is 5.73 Å². The Morgan fingerprint density at radius 1 is 1.35 bits per heavy atom. The first-order valence-electron chi connectivity index (χ1n) is 7.22. The van der Waals surface area contributed by atoms with Crippen molar-refractivity contribution in [3.8, 4) is 0 Å². The zero-order valence-electron chi connectivity index (χ0n) is 11.5. The quantitative estimate of drug-likeness (QED) is 0.726. The van der Waals surface area contributed by atoms with Gasteiger partial charge in [0.1, 0.15) is 0 Å². The van der Waals surface area contributed by atoms with Gasteiger partial charge in [0.25, 0.3) is 0 Å². The third-order valence-electron chi connectivity index (χ3n) is 3.72. The number of nitrogens with two attached hydrogens (primary N) is 1. The van der Waals surface area contributed by atoms with Crippen molar-refractivity contribution in [2.24, 2.45) is 5.73 Å². The molecule has 1 amide bonds. The molecule has 1 saturated heterocycles. The highest BCUT2D eigenvalue weighted by Crippen LogP contribution is 2.20. The molecule has 1 heterocycles. The summed E-state index contributed by atoms with van der Waals surface area (Å²) < 4.78 is 0. The second-order valence-corrected chi connectivity index (χ2v) is 5.32. The Hall–Kier alpha value is -0.570. The van der Waals surface area contributed by atoms with Gasteiger partial charge in [-0.2, -0.15) is 0 Å². The molecule has 0 aromatic carbocycles. The SMILES string of the molecule is CCCCCCC(=O)N1CCCCC1C(C)N. The molecule has 3 nitrogen and oxygen atoms in total. The fraction of sp³-hybridized carbons (Fsp3) is 0.929. The number of likely N-dealkylation sites (tertiary alicyclic amines) is 1. The molecule has 0 aromatic rings. The van der Waals surface area contributed by atoms with Crippen LogP contribution in [0.4, 0.5) is 0 Å². The topological polar surface area (TPSA) is 46.3 Å². The standard InChI is InChI=1S/C14H28N2O/c1-3-4-5-6-10-14(17)16-11-8-7-9-13(16)12(2)15/h12-13H,3-11,15H2,1-2H3. The number of rotatable bonds is 6. The summed E-state index contributed by atoms with van der Waals surface area (Å²) in [4.78, 5) is 14.2. The molecule has 1 rings (SSSR count). The Morgan fingerprint density at radius 3 is 2.76 bits per heavy atom. The summed E-state index contributed by atoms with van der Waals surface area (Å²) in [5.41, 5.74) is 5.98. The van der Waals surface area contributed by atoms with Crippen LogP contribution >= 0.6 is 0 Å². The summed E-state index contributed by atoms with van der Waals surface area (Å²) in [6.45, 7) is 5.13. The number of carbonyl (C=O) groups is 1. The maximum atomic E-state index is 12.1. The summed E-state index contributed by atoms with van der Waals surface area (Å²) in [5, 5.41) is 0. The first kappa shape index (κ1) is 14.5. The smallest absolute Gasteiger partial charge is 0.222 e. The van der Waals surface area contributed by atoms with E-state index in [4.69, 9.17) is 5.73 Å². The van der Waals surface area contributed by atoms with E-state index in [0.29, 0.717) is 12.3 Å². The van der Waals surface area contributed by atoms with Crippen molar-refractivity contribution < 1.29 is 4.79 Å². The fourth-order valence-electron chi connectivity index (χ4n) is 2.66. The second-order valence-electron chi connectivity index (χ2n) is 5.32. The first-order valence-corrected chi connectivity index (χ1v) is 7.22. The van der Waals surface area contributed by atoms with Crippen molar-refractivity contribution in [2.45, 2.75) is 77.3 Å². The van der Waals surface area contributed by atoms with Crippen LogP contribution in [0.2, 0.25) is 0 Å². The normalized spacial score (nSPS) is 22.5. The highest BCUT2D eigenvalue weighted by atomic mass is 16.2. The number of carbonyl (C=O) groups excluding carboxylic acids is 1. The van der Waals surface area contributed by atoms with Crippen molar-refractivity contribution in [3.05, 3.63) is 0 Å². The molecule has 3 heteroatoms. The lowest BCUT2D eigenvalue weighted by atomic mass is 9.96. The van der Waals surface area contributed by atoms with E-state index in [2.05, 4.69) is 6.92 Å². The third kappa shape index (κ3) is 4.66. The van der Waals surface area contributed by atoms with E-state index < -0.39 is 0 Å². The monoisotopic (exact) mass is 240 g/mol. The van der Waals surface area contributed by atoms with Crippen LogP contribution in [0, 0.1) is 0 Å². The van der Waals surface area contributed by atoms with Crippen molar-refractivity contribution in [1.29, 1.82) is 0 Å². The molecule has 0 saturated carbocycles. The Labute approximate surface area is 106 Å². The van der Waals surface area contributed by atoms with E-state index in [-0.39, 0.29) is 12.1 Å². The molecule has 1 aliphatic rings. The molecule has 2 unspecified atom stereocenters. The van der Waals surface area contributed by atoms with Gasteiger partial charge in [-0.3, -0.25) is 4.79 Å². The van der Waals surface area contributed by atoms with Gasteiger partial charge in [-0.1, -0.05) is 26.2 Å².